The Labute approximate surface area is 157 Å². The van der Waals surface area contributed by atoms with Crippen LogP contribution in [0.2, 0.25) is 5.02 Å². The molecule has 1 amide bonds. The van der Waals surface area contributed by atoms with Gasteiger partial charge in [-0.3, -0.25) is 4.79 Å². The smallest absolute Gasteiger partial charge is 0.291 e. The molecule has 8 nitrogen and oxygen atoms in total. The average molecular weight is 376 g/mol. The van der Waals surface area contributed by atoms with E-state index in [1.807, 2.05) is 13.8 Å². The van der Waals surface area contributed by atoms with E-state index in [0.29, 0.717) is 11.0 Å². The van der Waals surface area contributed by atoms with Crippen LogP contribution in [-0.2, 0) is 0 Å². The number of halogens is 1. The molecule has 0 saturated carbocycles. The van der Waals surface area contributed by atoms with Gasteiger partial charge in [-0.15, -0.1) is 0 Å². The third-order valence-corrected chi connectivity index (χ3v) is 4.60. The van der Waals surface area contributed by atoms with Crippen LogP contribution in [0.1, 0.15) is 28.3 Å². The predicted octanol–water partition coefficient (Wildman–Crippen LogP) is 1.93. The lowest BCUT2D eigenvalue weighted by molar-refractivity contribution is 0.0815. The van der Waals surface area contributed by atoms with Crippen LogP contribution in [0, 0.1) is 13.8 Å². The zero-order valence-corrected chi connectivity index (χ0v) is 16.1. The van der Waals surface area contributed by atoms with Crippen LogP contribution in [0.25, 0.3) is 0 Å². The van der Waals surface area contributed by atoms with Gasteiger partial charge in [-0.25, -0.2) is 19.9 Å². The fraction of sp³-hybridized carbons (Fsp3) is 0.471. The van der Waals surface area contributed by atoms with Gasteiger partial charge in [-0.05, 0) is 20.3 Å². The van der Waals surface area contributed by atoms with Gasteiger partial charge in [0.15, 0.2) is 0 Å². The second-order valence-electron chi connectivity index (χ2n) is 6.58. The predicted molar refractivity (Wildman–Crippen MR) is 101 cm³/mol. The number of carbonyl (C=O) groups is 1. The Hall–Kier alpha value is -2.48. The molecule has 1 aliphatic heterocycles. The summed E-state index contributed by atoms with van der Waals surface area (Å²) in [5.74, 6) is 1.40. The quantitative estimate of drug-likeness (QED) is 0.873. The first kappa shape index (κ1) is 18.3. The molecule has 2 aromatic rings. The van der Waals surface area contributed by atoms with Crippen molar-refractivity contribution in [1.82, 2.24) is 24.8 Å². The number of anilines is 2. The van der Waals surface area contributed by atoms with Crippen LogP contribution in [-0.4, -0.2) is 64.0 Å². The molecule has 9 heteroatoms. The summed E-state index contributed by atoms with van der Waals surface area (Å²) >= 11 is 5.82. The third-order valence-electron chi connectivity index (χ3n) is 4.40. The Kier molecular flexibility index (Phi) is 5.22. The molecule has 0 unspecified atom stereocenters. The van der Waals surface area contributed by atoms with Gasteiger partial charge in [0.2, 0.25) is 11.8 Å². The molecule has 3 heterocycles. The highest BCUT2D eigenvalue weighted by Gasteiger charge is 2.27. The third kappa shape index (κ3) is 3.85. The molecular formula is C17H22ClN7O. The lowest BCUT2D eigenvalue weighted by Gasteiger charge is -2.22. The molecule has 0 spiro atoms. The van der Waals surface area contributed by atoms with E-state index in [4.69, 9.17) is 11.6 Å². The number of hydrogen-bond donors (Lipinski definition) is 1. The molecule has 1 aliphatic rings. The summed E-state index contributed by atoms with van der Waals surface area (Å²) in [7, 11) is 3.39. The van der Waals surface area contributed by atoms with Gasteiger partial charge in [-0.1, -0.05) is 11.6 Å². The Bertz CT molecular complexity index is 810. The number of carbonyl (C=O) groups excluding carboxylic acids is 1. The molecule has 0 bridgehead atoms. The maximum atomic E-state index is 12.3. The maximum Gasteiger partial charge on any atom is 0.291 e. The van der Waals surface area contributed by atoms with E-state index in [0.717, 1.165) is 36.6 Å². The summed E-state index contributed by atoms with van der Waals surface area (Å²) in [5, 5.41) is 3.82. The Morgan fingerprint density at radius 1 is 1.27 bits per heavy atom. The van der Waals surface area contributed by atoms with Crippen molar-refractivity contribution in [3.05, 3.63) is 34.5 Å². The van der Waals surface area contributed by atoms with Crippen molar-refractivity contribution < 1.29 is 4.79 Å². The Morgan fingerprint density at radius 2 is 1.96 bits per heavy atom. The second-order valence-corrected chi connectivity index (χ2v) is 7.02. The SMILES string of the molecule is Cc1nc(C(=O)N(C)C)nc(N2CC[C@@H](Nc3ncc(Cl)cn3)C2)c1C. The zero-order valence-electron chi connectivity index (χ0n) is 15.3. The molecule has 0 aliphatic carbocycles. The lowest BCUT2D eigenvalue weighted by Crippen LogP contribution is -2.30. The van der Waals surface area contributed by atoms with Crippen molar-refractivity contribution in [2.45, 2.75) is 26.3 Å². The summed E-state index contributed by atoms with van der Waals surface area (Å²) in [5.41, 5.74) is 1.81. The van der Waals surface area contributed by atoms with Crippen LogP contribution in [0.3, 0.4) is 0 Å². The van der Waals surface area contributed by atoms with E-state index < -0.39 is 0 Å². The molecule has 2 aromatic heterocycles. The van der Waals surface area contributed by atoms with E-state index in [1.165, 1.54) is 4.90 Å². The van der Waals surface area contributed by atoms with Gasteiger partial charge in [0.05, 0.1) is 17.4 Å². The molecule has 138 valence electrons. The molecule has 0 radical (unpaired) electrons. The minimum atomic E-state index is -0.196. The molecule has 1 fully saturated rings. The summed E-state index contributed by atoms with van der Waals surface area (Å²) < 4.78 is 0. The van der Waals surface area contributed by atoms with Crippen molar-refractivity contribution in [2.75, 3.05) is 37.4 Å². The first-order valence-corrected chi connectivity index (χ1v) is 8.79. The highest BCUT2D eigenvalue weighted by Crippen LogP contribution is 2.25. The topological polar surface area (TPSA) is 87.1 Å². The molecule has 1 atom stereocenters. The van der Waals surface area contributed by atoms with Crippen LogP contribution in [0.15, 0.2) is 12.4 Å². The van der Waals surface area contributed by atoms with Gasteiger partial charge < -0.3 is 15.1 Å². The van der Waals surface area contributed by atoms with Gasteiger partial charge >= 0.3 is 0 Å². The number of nitrogens with zero attached hydrogens (tertiary/aromatic N) is 6. The van der Waals surface area contributed by atoms with E-state index in [9.17, 15) is 4.79 Å². The van der Waals surface area contributed by atoms with Crippen LogP contribution in [0.4, 0.5) is 11.8 Å². The maximum absolute atomic E-state index is 12.3. The number of aromatic nitrogens is 4. The largest absolute Gasteiger partial charge is 0.354 e. The highest BCUT2D eigenvalue weighted by atomic mass is 35.5. The van der Waals surface area contributed by atoms with E-state index >= 15 is 0 Å². The Morgan fingerprint density at radius 3 is 2.62 bits per heavy atom. The number of rotatable bonds is 4. The van der Waals surface area contributed by atoms with Crippen molar-refractivity contribution in [1.29, 1.82) is 0 Å². The van der Waals surface area contributed by atoms with Gasteiger partial charge in [-0.2, -0.15) is 0 Å². The lowest BCUT2D eigenvalue weighted by atomic mass is 10.2. The zero-order chi connectivity index (χ0) is 18.8. The van der Waals surface area contributed by atoms with Crippen LogP contribution in [0.5, 0.6) is 0 Å². The molecule has 26 heavy (non-hydrogen) atoms. The van der Waals surface area contributed by atoms with Crippen LogP contribution >= 0.6 is 11.6 Å². The highest BCUT2D eigenvalue weighted by molar-refractivity contribution is 6.30. The summed E-state index contributed by atoms with van der Waals surface area (Å²) in [6, 6.07) is 0.193. The molecule has 0 aromatic carbocycles. The molecule has 1 N–H and O–H groups in total. The van der Waals surface area contributed by atoms with Crippen molar-refractivity contribution >= 4 is 29.3 Å². The van der Waals surface area contributed by atoms with E-state index in [-0.39, 0.29) is 17.8 Å². The normalized spacial score (nSPS) is 16.7. The minimum Gasteiger partial charge on any atom is -0.354 e. The van der Waals surface area contributed by atoms with E-state index in [1.54, 1.807) is 26.5 Å². The monoisotopic (exact) mass is 375 g/mol. The van der Waals surface area contributed by atoms with Crippen molar-refractivity contribution in [3.63, 3.8) is 0 Å². The molecule has 3 rings (SSSR count). The average Bonchev–Trinajstić information content (AvgIpc) is 3.06. The Balaban J connectivity index is 1.77. The number of amides is 1. The molecule has 1 saturated heterocycles. The number of hydrogen-bond acceptors (Lipinski definition) is 7. The van der Waals surface area contributed by atoms with Gasteiger partial charge in [0.25, 0.3) is 5.91 Å². The first-order chi connectivity index (χ1) is 12.3. The minimum absolute atomic E-state index is 0.193. The van der Waals surface area contributed by atoms with Gasteiger partial charge in [0.1, 0.15) is 5.82 Å². The fourth-order valence-electron chi connectivity index (χ4n) is 2.86. The summed E-state index contributed by atoms with van der Waals surface area (Å²) in [6.07, 6.45) is 4.06. The molecular weight excluding hydrogens is 354 g/mol. The number of nitrogens with one attached hydrogen (secondary N) is 1. The van der Waals surface area contributed by atoms with Crippen LogP contribution < -0.4 is 10.2 Å². The summed E-state index contributed by atoms with van der Waals surface area (Å²) in [6.45, 7) is 5.47. The van der Waals surface area contributed by atoms with E-state index in [2.05, 4.69) is 30.2 Å². The first-order valence-electron chi connectivity index (χ1n) is 8.41. The van der Waals surface area contributed by atoms with Crippen molar-refractivity contribution in [2.24, 2.45) is 0 Å². The second kappa shape index (κ2) is 7.41. The number of aryl methyl sites for hydroxylation is 1. The fourth-order valence-corrected chi connectivity index (χ4v) is 2.95. The standard InChI is InChI=1S/C17H22ClN7O/c1-10-11(2)21-14(16(26)24(3)4)23-15(10)25-6-5-13(9-25)22-17-19-7-12(18)8-20-17/h7-8,13H,5-6,9H2,1-4H3,(H,19,20,22)/t13-/m1/s1. The van der Waals surface area contributed by atoms with Crippen molar-refractivity contribution in [3.8, 4) is 0 Å². The summed E-state index contributed by atoms with van der Waals surface area (Å²) in [4.78, 5) is 33.1. The van der Waals surface area contributed by atoms with Gasteiger partial charge in [0, 0.05) is 44.5 Å².